The second-order valence-corrected chi connectivity index (χ2v) is 5.86. The van der Waals surface area contributed by atoms with Crippen LogP contribution in [-0.2, 0) is 16.1 Å². The van der Waals surface area contributed by atoms with E-state index < -0.39 is 24.0 Å². The van der Waals surface area contributed by atoms with Crippen LogP contribution in [0.2, 0.25) is 0 Å². The van der Waals surface area contributed by atoms with E-state index in [2.05, 4.69) is 5.32 Å². The van der Waals surface area contributed by atoms with Gasteiger partial charge in [-0.2, -0.15) is 0 Å². The van der Waals surface area contributed by atoms with Gasteiger partial charge in [-0.15, -0.1) is 0 Å². The zero-order valence-corrected chi connectivity index (χ0v) is 12.9. The predicted molar refractivity (Wildman–Crippen MR) is 78.6 cm³/mol. The number of carbonyl (C=O) groups excluding carboxylic acids is 2. The Hall–Kier alpha value is -1.98. The van der Waals surface area contributed by atoms with Crippen molar-refractivity contribution in [3.05, 3.63) is 35.9 Å². The molecule has 0 bridgehead atoms. The highest BCUT2D eigenvalue weighted by atomic mass is 19.3. The first-order valence-electron chi connectivity index (χ1n) is 6.98. The fourth-order valence-corrected chi connectivity index (χ4v) is 1.82. The Labute approximate surface area is 128 Å². The van der Waals surface area contributed by atoms with Gasteiger partial charge in [0.1, 0.15) is 6.61 Å². The third kappa shape index (κ3) is 5.79. The summed E-state index contributed by atoms with van der Waals surface area (Å²) in [6.45, 7) is 4.01. The number of rotatable bonds is 7. The maximum Gasteiger partial charge on any atom is 0.408 e. The summed E-state index contributed by atoms with van der Waals surface area (Å²) in [6, 6.07) is 8.03. The molecule has 0 aliphatic rings. The van der Waals surface area contributed by atoms with Crippen molar-refractivity contribution in [1.82, 2.24) is 5.32 Å². The highest BCUT2D eigenvalue weighted by Crippen LogP contribution is 2.30. The van der Waals surface area contributed by atoms with E-state index >= 15 is 0 Å². The Morgan fingerprint density at radius 1 is 1.23 bits per heavy atom. The first-order chi connectivity index (χ1) is 10.2. The summed E-state index contributed by atoms with van der Waals surface area (Å²) in [4.78, 5) is 23.3. The molecule has 0 spiro atoms. The molecule has 0 saturated carbocycles. The van der Waals surface area contributed by atoms with Crippen LogP contribution in [-0.4, -0.2) is 24.3 Å². The van der Waals surface area contributed by atoms with Gasteiger partial charge >= 0.3 is 6.09 Å². The second kappa shape index (κ2) is 7.87. The van der Waals surface area contributed by atoms with Gasteiger partial charge in [0.25, 0.3) is 0 Å². The molecule has 0 heterocycles. The monoisotopic (exact) mass is 313 g/mol. The molecule has 6 heteroatoms. The first kappa shape index (κ1) is 18.1. The third-order valence-electron chi connectivity index (χ3n) is 3.32. The van der Waals surface area contributed by atoms with E-state index in [-0.39, 0.29) is 18.8 Å². The number of carbonyl (C=O) groups is 2. The lowest BCUT2D eigenvalue weighted by atomic mass is 9.85. The normalized spacial score (nSPS) is 12.8. The largest absolute Gasteiger partial charge is 0.445 e. The molecule has 0 aromatic heterocycles. The number of hydrogen-bond acceptors (Lipinski definition) is 3. The number of Topliss-reactive ketones (excluding diaryl/α,β-unsaturated/α-hetero) is 1. The molecule has 122 valence electrons. The minimum Gasteiger partial charge on any atom is -0.445 e. The summed E-state index contributed by atoms with van der Waals surface area (Å²) < 4.78 is 30.8. The Morgan fingerprint density at radius 3 is 2.32 bits per heavy atom. The van der Waals surface area contributed by atoms with Crippen molar-refractivity contribution in [1.29, 1.82) is 0 Å². The molecule has 0 fully saturated rings. The predicted octanol–water partition coefficient (Wildman–Crippen LogP) is 3.55. The Balaban J connectivity index is 2.56. The van der Waals surface area contributed by atoms with E-state index in [1.807, 2.05) is 6.07 Å². The van der Waals surface area contributed by atoms with Crippen molar-refractivity contribution in [3.63, 3.8) is 0 Å². The molecule has 1 aromatic carbocycles. The average Bonchev–Trinajstić information content (AvgIpc) is 2.45. The number of ether oxygens (including phenoxy) is 1. The van der Waals surface area contributed by atoms with Gasteiger partial charge in [0.05, 0.1) is 6.04 Å². The molecule has 0 aliphatic carbocycles. The van der Waals surface area contributed by atoms with Crippen molar-refractivity contribution in [2.24, 2.45) is 5.41 Å². The third-order valence-corrected chi connectivity index (χ3v) is 3.32. The lowest BCUT2D eigenvalue weighted by Gasteiger charge is -2.28. The van der Waals surface area contributed by atoms with E-state index in [0.717, 1.165) is 5.56 Å². The van der Waals surface area contributed by atoms with Crippen molar-refractivity contribution >= 4 is 11.9 Å². The topological polar surface area (TPSA) is 55.4 Å². The summed E-state index contributed by atoms with van der Waals surface area (Å²) >= 11 is 0. The second-order valence-electron chi connectivity index (χ2n) is 5.86. The van der Waals surface area contributed by atoms with Crippen molar-refractivity contribution in [2.45, 2.75) is 46.3 Å². The molecule has 1 rings (SSSR count). The van der Waals surface area contributed by atoms with Crippen LogP contribution < -0.4 is 5.32 Å². The number of halogens is 2. The lowest BCUT2D eigenvalue weighted by Crippen LogP contribution is -2.44. The molecule has 22 heavy (non-hydrogen) atoms. The highest BCUT2D eigenvalue weighted by Gasteiger charge is 2.34. The molecule has 1 N–H and O–H groups in total. The van der Waals surface area contributed by atoms with E-state index in [0.29, 0.717) is 0 Å². The van der Waals surface area contributed by atoms with Crippen molar-refractivity contribution in [3.8, 4) is 0 Å². The van der Waals surface area contributed by atoms with Crippen LogP contribution in [0.5, 0.6) is 0 Å². The molecule has 4 nitrogen and oxygen atoms in total. The Kier molecular flexibility index (Phi) is 6.46. The van der Waals surface area contributed by atoms with Crippen LogP contribution in [0.1, 0.15) is 32.8 Å². The Morgan fingerprint density at radius 2 is 1.82 bits per heavy atom. The molecular formula is C16H21F2NO3. The standard InChI is InChI=1S/C16H21F2NO3/c1-11(20)13(9-16(2,3)14(17)18)19-15(21)22-10-12-7-5-4-6-8-12/h4-8,13-14H,9-10H2,1-3H3,(H,19,21)/t13-/m0/s1. The van der Waals surface area contributed by atoms with Crippen LogP contribution in [0.3, 0.4) is 0 Å². The van der Waals surface area contributed by atoms with Crippen LogP contribution in [0.15, 0.2) is 30.3 Å². The molecule has 0 aliphatic heterocycles. The SMILES string of the molecule is CC(=O)[C@H](CC(C)(C)C(F)F)NC(=O)OCc1ccccc1. The summed E-state index contributed by atoms with van der Waals surface area (Å²) in [6.07, 6.45) is -3.54. The minimum atomic E-state index is -2.59. The number of alkyl halides is 2. The lowest BCUT2D eigenvalue weighted by molar-refractivity contribution is -0.120. The summed E-state index contributed by atoms with van der Waals surface area (Å²) in [7, 11) is 0. The fraction of sp³-hybridized carbons (Fsp3) is 0.500. The van der Waals surface area contributed by atoms with E-state index in [1.54, 1.807) is 24.3 Å². The van der Waals surface area contributed by atoms with Crippen LogP contribution in [0.4, 0.5) is 13.6 Å². The number of ketones is 1. The number of nitrogens with one attached hydrogen (secondary N) is 1. The molecule has 0 unspecified atom stereocenters. The minimum absolute atomic E-state index is 0.0511. The van der Waals surface area contributed by atoms with Gasteiger partial charge in [0, 0.05) is 5.41 Å². The quantitative estimate of drug-likeness (QED) is 0.837. The van der Waals surface area contributed by atoms with Crippen LogP contribution >= 0.6 is 0 Å². The van der Waals surface area contributed by atoms with Gasteiger partial charge in [-0.05, 0) is 18.9 Å². The van der Waals surface area contributed by atoms with E-state index in [4.69, 9.17) is 4.74 Å². The van der Waals surface area contributed by atoms with Gasteiger partial charge in [-0.1, -0.05) is 44.2 Å². The summed E-state index contributed by atoms with van der Waals surface area (Å²) in [5.41, 5.74) is -0.576. The number of benzene rings is 1. The van der Waals surface area contributed by atoms with Gasteiger partial charge in [-0.25, -0.2) is 13.6 Å². The zero-order chi connectivity index (χ0) is 16.8. The maximum atomic E-state index is 12.9. The zero-order valence-electron chi connectivity index (χ0n) is 12.9. The van der Waals surface area contributed by atoms with Crippen LogP contribution in [0, 0.1) is 5.41 Å². The summed E-state index contributed by atoms with van der Waals surface area (Å²) in [5, 5.41) is 2.35. The van der Waals surface area contributed by atoms with Crippen molar-refractivity contribution < 1.29 is 23.1 Å². The number of hydrogen-bond donors (Lipinski definition) is 1. The number of amides is 1. The van der Waals surface area contributed by atoms with E-state index in [9.17, 15) is 18.4 Å². The Bertz CT molecular complexity index is 503. The van der Waals surface area contributed by atoms with Gasteiger partial charge < -0.3 is 10.1 Å². The molecular weight excluding hydrogens is 292 g/mol. The highest BCUT2D eigenvalue weighted by molar-refractivity contribution is 5.85. The van der Waals surface area contributed by atoms with Gasteiger partial charge in [-0.3, -0.25) is 4.79 Å². The fourth-order valence-electron chi connectivity index (χ4n) is 1.82. The van der Waals surface area contributed by atoms with E-state index in [1.165, 1.54) is 20.8 Å². The summed E-state index contributed by atoms with van der Waals surface area (Å²) in [5.74, 6) is -0.384. The smallest absolute Gasteiger partial charge is 0.408 e. The number of alkyl carbamates (subject to hydrolysis) is 1. The maximum absolute atomic E-state index is 12.9. The van der Waals surface area contributed by atoms with Crippen molar-refractivity contribution in [2.75, 3.05) is 0 Å². The first-order valence-corrected chi connectivity index (χ1v) is 6.98. The molecule has 0 radical (unpaired) electrons. The van der Waals surface area contributed by atoms with Gasteiger partial charge in [0.15, 0.2) is 5.78 Å². The van der Waals surface area contributed by atoms with Crippen LogP contribution in [0.25, 0.3) is 0 Å². The molecule has 1 atom stereocenters. The molecule has 0 saturated heterocycles. The molecule has 1 amide bonds. The molecule has 1 aromatic rings. The van der Waals surface area contributed by atoms with Gasteiger partial charge in [0.2, 0.25) is 6.43 Å². The average molecular weight is 313 g/mol.